The summed E-state index contributed by atoms with van der Waals surface area (Å²) in [5, 5.41) is 3.75. The molecular weight excluding hydrogens is 170 g/mol. The number of hydrogen-bond donors (Lipinski definition) is 1. The third-order valence-corrected chi connectivity index (χ3v) is 3.57. The molecule has 0 aromatic rings. The van der Waals surface area contributed by atoms with E-state index in [0.717, 1.165) is 12.0 Å². The van der Waals surface area contributed by atoms with E-state index in [9.17, 15) is 0 Å². The molecule has 0 saturated heterocycles. The van der Waals surface area contributed by atoms with E-state index in [-0.39, 0.29) is 0 Å². The van der Waals surface area contributed by atoms with Gasteiger partial charge in [-0.15, -0.1) is 0 Å². The minimum absolute atomic E-state index is 0.788. The van der Waals surface area contributed by atoms with E-state index in [0.29, 0.717) is 0 Å². The Balaban J connectivity index is 2.06. The maximum Gasteiger partial charge on any atom is 0.00645 e. The fraction of sp³-hybridized carbons (Fsp3) is 1.00. The highest BCUT2D eigenvalue weighted by molar-refractivity contribution is 4.72. The first-order valence-electron chi connectivity index (χ1n) is 6.60. The summed E-state index contributed by atoms with van der Waals surface area (Å²) in [4.78, 5) is 0. The minimum atomic E-state index is 0.788. The zero-order chi connectivity index (χ0) is 10.2. The van der Waals surface area contributed by atoms with Gasteiger partial charge in [-0.3, -0.25) is 0 Å². The summed E-state index contributed by atoms with van der Waals surface area (Å²) in [7, 11) is 0. The van der Waals surface area contributed by atoms with Crippen LogP contribution in [0.4, 0.5) is 0 Å². The van der Waals surface area contributed by atoms with Crippen LogP contribution >= 0.6 is 0 Å². The molecule has 1 rings (SSSR count). The molecule has 1 aliphatic carbocycles. The van der Waals surface area contributed by atoms with Crippen LogP contribution in [0.25, 0.3) is 0 Å². The van der Waals surface area contributed by atoms with Crippen LogP contribution in [0.15, 0.2) is 0 Å². The number of rotatable bonds is 7. The highest BCUT2D eigenvalue weighted by atomic mass is 14.9. The van der Waals surface area contributed by atoms with Gasteiger partial charge >= 0.3 is 0 Å². The van der Waals surface area contributed by atoms with E-state index in [1.54, 1.807) is 0 Å². The summed E-state index contributed by atoms with van der Waals surface area (Å²) in [5.41, 5.74) is 0. The maximum atomic E-state index is 3.75. The van der Waals surface area contributed by atoms with Gasteiger partial charge in [-0.25, -0.2) is 0 Å². The molecule has 0 heterocycles. The predicted octanol–water partition coefficient (Wildman–Crippen LogP) is 3.74. The van der Waals surface area contributed by atoms with Crippen molar-refractivity contribution in [1.29, 1.82) is 0 Å². The molecule has 14 heavy (non-hydrogen) atoms. The molecule has 1 atom stereocenters. The molecule has 1 nitrogen and oxygen atoms in total. The predicted molar refractivity (Wildman–Crippen MR) is 63.6 cm³/mol. The molecule has 0 aromatic heterocycles. The standard InChI is InChI=1S/C13H27N/c1-3-5-10-13(4-2)14-11-12-8-6-7-9-12/h12-14H,3-11H2,1-2H3. The van der Waals surface area contributed by atoms with Crippen molar-refractivity contribution in [2.24, 2.45) is 5.92 Å². The first kappa shape index (κ1) is 12.0. The number of nitrogens with one attached hydrogen (secondary N) is 1. The Morgan fingerprint density at radius 3 is 2.50 bits per heavy atom. The van der Waals surface area contributed by atoms with Gasteiger partial charge in [0.25, 0.3) is 0 Å². The molecule has 1 saturated carbocycles. The largest absolute Gasteiger partial charge is 0.314 e. The lowest BCUT2D eigenvalue weighted by Gasteiger charge is -2.19. The van der Waals surface area contributed by atoms with Crippen molar-refractivity contribution in [3.8, 4) is 0 Å². The van der Waals surface area contributed by atoms with E-state index in [1.165, 1.54) is 57.9 Å². The lowest BCUT2D eigenvalue weighted by molar-refractivity contribution is 0.400. The Labute approximate surface area is 89.7 Å². The van der Waals surface area contributed by atoms with Gasteiger partial charge < -0.3 is 5.32 Å². The van der Waals surface area contributed by atoms with Crippen molar-refractivity contribution in [3.63, 3.8) is 0 Å². The van der Waals surface area contributed by atoms with Gasteiger partial charge in [0.05, 0.1) is 0 Å². The molecule has 0 radical (unpaired) electrons. The SMILES string of the molecule is CCCCC(CC)NCC1CCCC1. The van der Waals surface area contributed by atoms with Crippen molar-refractivity contribution in [1.82, 2.24) is 5.32 Å². The lowest BCUT2D eigenvalue weighted by atomic mass is 10.0. The molecule has 1 aliphatic rings. The summed E-state index contributed by atoms with van der Waals surface area (Å²) >= 11 is 0. The second-order valence-electron chi connectivity index (χ2n) is 4.81. The van der Waals surface area contributed by atoms with Gasteiger partial charge in [-0.2, -0.15) is 0 Å². The van der Waals surface area contributed by atoms with E-state index >= 15 is 0 Å². The topological polar surface area (TPSA) is 12.0 Å². The molecule has 1 N–H and O–H groups in total. The van der Waals surface area contributed by atoms with Gasteiger partial charge in [0.15, 0.2) is 0 Å². The fourth-order valence-electron chi connectivity index (χ4n) is 2.45. The van der Waals surface area contributed by atoms with E-state index < -0.39 is 0 Å². The average molecular weight is 197 g/mol. The second kappa shape index (κ2) is 7.28. The van der Waals surface area contributed by atoms with Crippen LogP contribution in [0.3, 0.4) is 0 Å². The normalized spacial score (nSPS) is 20.1. The molecule has 1 fully saturated rings. The van der Waals surface area contributed by atoms with Crippen LogP contribution in [-0.2, 0) is 0 Å². The first-order valence-corrected chi connectivity index (χ1v) is 6.60. The van der Waals surface area contributed by atoms with Crippen LogP contribution in [0.2, 0.25) is 0 Å². The highest BCUT2D eigenvalue weighted by Crippen LogP contribution is 2.24. The lowest BCUT2D eigenvalue weighted by Crippen LogP contribution is -2.32. The van der Waals surface area contributed by atoms with Crippen LogP contribution in [-0.4, -0.2) is 12.6 Å². The molecule has 1 heteroatoms. The Bertz CT molecular complexity index is 127. The summed E-state index contributed by atoms with van der Waals surface area (Å²) in [6, 6.07) is 0.788. The van der Waals surface area contributed by atoms with Gasteiger partial charge in [0.1, 0.15) is 0 Å². The summed E-state index contributed by atoms with van der Waals surface area (Å²) in [5.74, 6) is 0.991. The molecule has 84 valence electrons. The third-order valence-electron chi connectivity index (χ3n) is 3.57. The van der Waals surface area contributed by atoms with Crippen molar-refractivity contribution in [3.05, 3.63) is 0 Å². The molecule has 0 aromatic carbocycles. The van der Waals surface area contributed by atoms with E-state index in [1.807, 2.05) is 0 Å². The monoisotopic (exact) mass is 197 g/mol. The van der Waals surface area contributed by atoms with Gasteiger partial charge in [0, 0.05) is 6.04 Å². The maximum absolute atomic E-state index is 3.75. The average Bonchev–Trinajstić information content (AvgIpc) is 2.71. The second-order valence-corrected chi connectivity index (χ2v) is 4.81. The zero-order valence-corrected chi connectivity index (χ0v) is 10.0. The molecule has 1 unspecified atom stereocenters. The van der Waals surface area contributed by atoms with Crippen LogP contribution in [0.5, 0.6) is 0 Å². The Hall–Kier alpha value is -0.0400. The zero-order valence-electron chi connectivity index (χ0n) is 10.0. The number of unbranched alkanes of at least 4 members (excludes halogenated alkanes) is 1. The van der Waals surface area contributed by atoms with Gasteiger partial charge in [-0.1, -0.05) is 39.5 Å². The van der Waals surface area contributed by atoms with Crippen LogP contribution in [0, 0.1) is 5.92 Å². The highest BCUT2D eigenvalue weighted by Gasteiger charge is 2.15. The quantitative estimate of drug-likeness (QED) is 0.655. The molecule has 0 aliphatic heterocycles. The van der Waals surface area contributed by atoms with E-state index in [2.05, 4.69) is 19.2 Å². The minimum Gasteiger partial charge on any atom is -0.314 e. The Kier molecular flexibility index (Phi) is 6.25. The molecular formula is C13H27N. The molecule has 0 amide bonds. The summed E-state index contributed by atoms with van der Waals surface area (Å²) < 4.78 is 0. The fourth-order valence-corrected chi connectivity index (χ4v) is 2.45. The first-order chi connectivity index (χ1) is 6.86. The third kappa shape index (κ3) is 4.45. The van der Waals surface area contributed by atoms with Crippen molar-refractivity contribution >= 4 is 0 Å². The van der Waals surface area contributed by atoms with Crippen LogP contribution in [0.1, 0.15) is 65.2 Å². The van der Waals surface area contributed by atoms with Gasteiger partial charge in [0.2, 0.25) is 0 Å². The molecule has 0 spiro atoms. The smallest absolute Gasteiger partial charge is 0.00645 e. The van der Waals surface area contributed by atoms with Gasteiger partial charge in [-0.05, 0) is 38.1 Å². The van der Waals surface area contributed by atoms with Crippen LogP contribution < -0.4 is 5.32 Å². The van der Waals surface area contributed by atoms with E-state index in [4.69, 9.17) is 0 Å². The Morgan fingerprint density at radius 1 is 1.21 bits per heavy atom. The summed E-state index contributed by atoms with van der Waals surface area (Å²) in [6.45, 7) is 5.87. The number of hydrogen-bond acceptors (Lipinski definition) is 1. The van der Waals surface area contributed by atoms with Crippen molar-refractivity contribution < 1.29 is 0 Å². The summed E-state index contributed by atoms with van der Waals surface area (Å²) in [6.07, 6.45) is 11.3. The van der Waals surface area contributed by atoms with Crippen molar-refractivity contribution in [2.45, 2.75) is 71.3 Å². The Morgan fingerprint density at radius 2 is 1.93 bits per heavy atom. The molecule has 0 bridgehead atoms. The van der Waals surface area contributed by atoms with Crippen molar-refractivity contribution in [2.75, 3.05) is 6.54 Å².